The molecule has 0 bridgehead atoms. The van der Waals surface area contributed by atoms with Crippen molar-refractivity contribution in [3.63, 3.8) is 0 Å². The number of carbonyl (C=O) groups is 3. The minimum Gasteiger partial charge on any atom is -0.463 e. The molecule has 0 saturated carbocycles. The largest absolute Gasteiger partial charge is 0.463 e. The van der Waals surface area contributed by atoms with Crippen molar-refractivity contribution in [1.29, 1.82) is 0 Å². The van der Waals surface area contributed by atoms with Crippen molar-refractivity contribution >= 4 is 25.6 Å². The highest BCUT2D eigenvalue weighted by Gasteiger charge is 2.33. The van der Waals surface area contributed by atoms with Crippen molar-refractivity contribution in [1.82, 2.24) is 10.2 Å². The number of nitrogens with two attached hydrogens (primary N) is 1. The van der Waals surface area contributed by atoms with Crippen LogP contribution in [0.2, 0.25) is 6.32 Å². The molecular formula is C24H28BN3O4. The lowest BCUT2D eigenvalue weighted by atomic mass is 9.98. The molecule has 0 fully saturated rings. The molecule has 2 aromatic rings. The molecule has 3 rings (SSSR count). The van der Waals surface area contributed by atoms with Crippen LogP contribution in [0.5, 0.6) is 0 Å². The standard InChI is InChI=1S/C24H28BN3O4/c1-24(2,27-11-12-28(14-21(26)29)22(30)13-25)23(31)32-15-20-18-9-5-3-7-16(18)17-8-4-6-10-19(17)20/h3-10,20,27H,11-15H2,1-2H3,(H2,26,29). The normalized spacial score (nSPS) is 12.7. The molecule has 2 radical (unpaired) electrons. The van der Waals surface area contributed by atoms with Gasteiger partial charge >= 0.3 is 5.97 Å². The number of fused-ring (bicyclic) bond motifs is 3. The number of hydrogen-bond donors (Lipinski definition) is 2. The Hall–Kier alpha value is -3.13. The minimum atomic E-state index is -0.984. The number of benzene rings is 2. The van der Waals surface area contributed by atoms with Crippen LogP contribution in [0.25, 0.3) is 11.1 Å². The first kappa shape index (κ1) is 23.5. The zero-order chi connectivity index (χ0) is 23.3. The molecule has 0 spiro atoms. The lowest BCUT2D eigenvalue weighted by Crippen LogP contribution is -2.51. The van der Waals surface area contributed by atoms with E-state index in [2.05, 4.69) is 29.6 Å². The van der Waals surface area contributed by atoms with E-state index in [0.717, 1.165) is 11.1 Å². The molecule has 0 saturated heterocycles. The maximum Gasteiger partial charge on any atom is 0.325 e. The Labute approximate surface area is 189 Å². The summed E-state index contributed by atoms with van der Waals surface area (Å²) >= 11 is 0. The Morgan fingerprint density at radius 3 is 2.16 bits per heavy atom. The van der Waals surface area contributed by atoms with Gasteiger partial charge in [0.1, 0.15) is 12.1 Å². The molecular weight excluding hydrogens is 405 g/mol. The SMILES string of the molecule is [B]CC(=O)N(CCNC(C)(C)C(=O)OCC1c2ccccc2-c2ccccc21)CC(N)=O. The predicted molar refractivity (Wildman–Crippen MR) is 123 cm³/mol. The molecule has 7 nitrogen and oxygen atoms in total. The molecule has 166 valence electrons. The van der Waals surface area contributed by atoms with Crippen molar-refractivity contribution in [2.24, 2.45) is 5.73 Å². The van der Waals surface area contributed by atoms with Crippen LogP contribution in [0.1, 0.15) is 30.9 Å². The van der Waals surface area contributed by atoms with E-state index in [1.54, 1.807) is 13.8 Å². The number of esters is 1. The molecule has 0 aliphatic heterocycles. The second kappa shape index (κ2) is 10.00. The highest BCUT2D eigenvalue weighted by atomic mass is 16.5. The number of hydrogen-bond acceptors (Lipinski definition) is 5. The van der Waals surface area contributed by atoms with Gasteiger partial charge < -0.3 is 20.7 Å². The van der Waals surface area contributed by atoms with E-state index in [4.69, 9.17) is 18.3 Å². The Morgan fingerprint density at radius 2 is 1.62 bits per heavy atom. The van der Waals surface area contributed by atoms with Crippen molar-refractivity contribution in [2.75, 3.05) is 26.2 Å². The van der Waals surface area contributed by atoms with Gasteiger partial charge in [-0.3, -0.25) is 14.4 Å². The van der Waals surface area contributed by atoms with Crippen LogP contribution in [0.4, 0.5) is 0 Å². The van der Waals surface area contributed by atoms with E-state index < -0.39 is 17.4 Å². The fourth-order valence-corrected chi connectivity index (χ4v) is 3.96. The third kappa shape index (κ3) is 5.19. The number of carbonyl (C=O) groups excluding carboxylic acids is 3. The van der Waals surface area contributed by atoms with Crippen LogP contribution < -0.4 is 11.1 Å². The highest BCUT2D eigenvalue weighted by Crippen LogP contribution is 2.44. The van der Waals surface area contributed by atoms with Crippen LogP contribution in [-0.4, -0.2) is 62.3 Å². The Bertz CT molecular complexity index is 963. The van der Waals surface area contributed by atoms with Gasteiger partial charge in [-0.05, 0) is 42.4 Å². The topological polar surface area (TPSA) is 102 Å². The molecule has 1 aliphatic carbocycles. The summed E-state index contributed by atoms with van der Waals surface area (Å²) in [5, 5.41) is 3.09. The predicted octanol–water partition coefficient (Wildman–Crippen LogP) is 1.61. The van der Waals surface area contributed by atoms with Crippen molar-refractivity contribution in [3.05, 3.63) is 59.7 Å². The summed E-state index contributed by atoms with van der Waals surface area (Å²) in [5.74, 6) is -1.42. The Kier molecular flexibility index (Phi) is 7.35. The van der Waals surface area contributed by atoms with Gasteiger partial charge in [0.25, 0.3) is 0 Å². The molecule has 0 atom stereocenters. The monoisotopic (exact) mass is 433 g/mol. The number of ether oxygens (including phenoxy) is 1. The van der Waals surface area contributed by atoms with Gasteiger partial charge in [-0.2, -0.15) is 0 Å². The first-order valence-electron chi connectivity index (χ1n) is 10.6. The fourth-order valence-electron chi connectivity index (χ4n) is 3.96. The summed E-state index contributed by atoms with van der Waals surface area (Å²) in [6.45, 7) is 3.92. The molecule has 0 unspecified atom stereocenters. The first-order chi connectivity index (χ1) is 15.2. The second-order valence-electron chi connectivity index (χ2n) is 8.36. The number of nitrogens with zero attached hydrogens (tertiary/aromatic N) is 1. The molecule has 0 aromatic heterocycles. The third-order valence-corrected chi connectivity index (χ3v) is 5.68. The van der Waals surface area contributed by atoms with Gasteiger partial charge in [0.15, 0.2) is 0 Å². The zero-order valence-corrected chi connectivity index (χ0v) is 18.5. The molecule has 8 heteroatoms. The average Bonchev–Trinajstić information content (AvgIpc) is 3.09. The van der Waals surface area contributed by atoms with Crippen LogP contribution in [0.15, 0.2) is 48.5 Å². The maximum atomic E-state index is 12.8. The summed E-state index contributed by atoms with van der Waals surface area (Å²) in [6, 6.07) is 16.3. The summed E-state index contributed by atoms with van der Waals surface area (Å²) in [7, 11) is 5.38. The van der Waals surface area contributed by atoms with Gasteiger partial charge in [0.2, 0.25) is 11.8 Å². The number of amides is 2. The average molecular weight is 433 g/mol. The lowest BCUT2D eigenvalue weighted by Gasteiger charge is -2.27. The molecule has 32 heavy (non-hydrogen) atoms. The Balaban J connectivity index is 1.59. The van der Waals surface area contributed by atoms with E-state index in [1.165, 1.54) is 16.0 Å². The van der Waals surface area contributed by atoms with Crippen molar-refractivity contribution < 1.29 is 19.1 Å². The van der Waals surface area contributed by atoms with Gasteiger partial charge in [-0.15, -0.1) is 0 Å². The van der Waals surface area contributed by atoms with Gasteiger partial charge in [0.05, 0.1) is 14.4 Å². The minimum absolute atomic E-state index is 0.0182. The smallest absolute Gasteiger partial charge is 0.325 e. The molecule has 2 amide bonds. The van der Waals surface area contributed by atoms with E-state index in [-0.39, 0.29) is 44.4 Å². The van der Waals surface area contributed by atoms with Crippen LogP contribution in [0.3, 0.4) is 0 Å². The lowest BCUT2D eigenvalue weighted by molar-refractivity contribution is -0.150. The van der Waals surface area contributed by atoms with Gasteiger partial charge in [-0.1, -0.05) is 48.5 Å². The fraction of sp³-hybridized carbons (Fsp3) is 0.375. The highest BCUT2D eigenvalue weighted by molar-refractivity contribution is 6.19. The van der Waals surface area contributed by atoms with Crippen LogP contribution in [-0.2, 0) is 19.1 Å². The molecule has 3 N–H and O–H groups in total. The number of primary amides is 1. The van der Waals surface area contributed by atoms with Crippen LogP contribution in [0, 0.1) is 0 Å². The molecule has 0 heterocycles. The maximum absolute atomic E-state index is 12.8. The van der Waals surface area contributed by atoms with Gasteiger partial charge in [0, 0.05) is 19.0 Å². The molecule has 1 aliphatic rings. The summed E-state index contributed by atoms with van der Waals surface area (Å²) in [4.78, 5) is 37.1. The first-order valence-corrected chi connectivity index (χ1v) is 10.6. The molecule has 2 aromatic carbocycles. The van der Waals surface area contributed by atoms with Crippen LogP contribution >= 0.6 is 0 Å². The van der Waals surface area contributed by atoms with E-state index in [9.17, 15) is 14.4 Å². The number of rotatable bonds is 10. The second-order valence-corrected chi connectivity index (χ2v) is 8.36. The zero-order valence-electron chi connectivity index (χ0n) is 18.5. The van der Waals surface area contributed by atoms with Crippen molar-refractivity contribution in [3.8, 4) is 11.1 Å². The summed E-state index contributed by atoms with van der Waals surface area (Å²) < 4.78 is 5.72. The van der Waals surface area contributed by atoms with Gasteiger partial charge in [-0.25, -0.2) is 0 Å². The van der Waals surface area contributed by atoms with Crippen molar-refractivity contribution in [2.45, 2.75) is 31.6 Å². The Morgan fingerprint density at radius 1 is 1.06 bits per heavy atom. The summed E-state index contributed by atoms with van der Waals surface area (Å²) in [5.41, 5.74) is 8.84. The van der Waals surface area contributed by atoms with E-state index in [0.29, 0.717) is 0 Å². The van der Waals surface area contributed by atoms with E-state index in [1.807, 2.05) is 24.3 Å². The quantitative estimate of drug-likeness (QED) is 0.438. The van der Waals surface area contributed by atoms with E-state index >= 15 is 0 Å². The third-order valence-electron chi connectivity index (χ3n) is 5.68. The number of nitrogens with one attached hydrogen (secondary N) is 1. The summed E-state index contributed by atoms with van der Waals surface area (Å²) in [6.07, 6.45) is -0.219.